The minimum absolute atomic E-state index is 0.780. The maximum absolute atomic E-state index is 11.0. The Morgan fingerprint density at radius 1 is 1.00 bits per heavy atom. The van der Waals surface area contributed by atoms with Crippen molar-refractivity contribution in [3.63, 3.8) is 0 Å². The molecule has 0 saturated heterocycles. The molecule has 0 aliphatic heterocycles. The summed E-state index contributed by atoms with van der Waals surface area (Å²) in [6.07, 6.45) is 4.55. The molecule has 94 valence electrons. The fraction of sp³-hybridized carbons (Fsp3) is 0.125. The highest BCUT2D eigenvalue weighted by Gasteiger charge is 2.05. The molecule has 1 aromatic heterocycles. The third-order valence-electron chi connectivity index (χ3n) is 3.42. The molecule has 3 nitrogen and oxygen atoms in total. The van der Waals surface area contributed by atoms with Crippen molar-refractivity contribution in [2.45, 2.75) is 12.8 Å². The van der Waals surface area contributed by atoms with Crippen LogP contribution >= 0.6 is 0 Å². The number of hydrogen-bond donors (Lipinski definition) is 1. The van der Waals surface area contributed by atoms with Gasteiger partial charge in [-0.25, -0.2) is 0 Å². The van der Waals surface area contributed by atoms with E-state index >= 15 is 0 Å². The highest BCUT2D eigenvalue weighted by molar-refractivity contribution is 5.81. The molecule has 0 aliphatic carbocycles. The maximum Gasteiger partial charge on any atom is 0.150 e. The van der Waals surface area contributed by atoms with Crippen LogP contribution in [-0.2, 0) is 12.8 Å². The summed E-state index contributed by atoms with van der Waals surface area (Å²) in [5, 5.41) is 8.20. The number of aldehydes is 1. The van der Waals surface area contributed by atoms with Crippen LogP contribution in [0.3, 0.4) is 0 Å². The largest absolute Gasteiger partial charge is 0.298 e. The fourth-order valence-electron chi connectivity index (χ4n) is 2.39. The Morgan fingerprint density at radius 2 is 1.79 bits per heavy atom. The molecule has 0 atom stereocenters. The maximum atomic E-state index is 11.0. The summed E-state index contributed by atoms with van der Waals surface area (Å²) < 4.78 is 0. The van der Waals surface area contributed by atoms with Gasteiger partial charge in [0.1, 0.15) is 6.29 Å². The summed E-state index contributed by atoms with van der Waals surface area (Å²) in [5.41, 5.74) is 4.19. The van der Waals surface area contributed by atoms with Gasteiger partial charge in [0.05, 0.1) is 11.7 Å². The first kappa shape index (κ1) is 11.7. The molecule has 0 saturated carbocycles. The van der Waals surface area contributed by atoms with E-state index in [1.165, 1.54) is 5.56 Å². The molecule has 0 amide bonds. The molecule has 3 rings (SSSR count). The van der Waals surface area contributed by atoms with E-state index < -0.39 is 0 Å². The average molecular weight is 250 g/mol. The van der Waals surface area contributed by atoms with E-state index in [9.17, 15) is 4.79 Å². The van der Waals surface area contributed by atoms with E-state index in [0.29, 0.717) is 0 Å². The highest BCUT2D eigenvalue weighted by Crippen LogP contribution is 2.18. The standard InChI is InChI=1S/C16H14N2O/c19-11-14-5-2-1-4-12(14)8-9-13-6-3-7-16-15(13)10-17-18-16/h1-7,10-11H,8-9H2,(H,17,18). The first-order valence-corrected chi connectivity index (χ1v) is 6.32. The van der Waals surface area contributed by atoms with Gasteiger partial charge >= 0.3 is 0 Å². The molecule has 0 radical (unpaired) electrons. The van der Waals surface area contributed by atoms with Crippen LogP contribution in [0.2, 0.25) is 0 Å². The van der Waals surface area contributed by atoms with Gasteiger partial charge in [-0.05, 0) is 30.0 Å². The summed E-state index contributed by atoms with van der Waals surface area (Å²) in [4.78, 5) is 11.0. The molecule has 0 fully saturated rings. The number of nitrogens with one attached hydrogen (secondary N) is 1. The van der Waals surface area contributed by atoms with Crippen LogP contribution in [0.5, 0.6) is 0 Å². The predicted molar refractivity (Wildman–Crippen MR) is 75.3 cm³/mol. The van der Waals surface area contributed by atoms with Crippen LogP contribution in [0, 0.1) is 0 Å². The molecule has 1 N–H and O–H groups in total. The van der Waals surface area contributed by atoms with Crippen LogP contribution in [0.1, 0.15) is 21.5 Å². The van der Waals surface area contributed by atoms with Gasteiger partial charge in [0.15, 0.2) is 0 Å². The summed E-state index contributed by atoms with van der Waals surface area (Å²) in [6.45, 7) is 0. The summed E-state index contributed by atoms with van der Waals surface area (Å²) in [6, 6.07) is 13.9. The van der Waals surface area contributed by atoms with Gasteiger partial charge in [-0.3, -0.25) is 9.89 Å². The SMILES string of the molecule is O=Cc1ccccc1CCc1cccc2[nH]ncc12. The molecule has 0 bridgehead atoms. The number of benzene rings is 2. The summed E-state index contributed by atoms with van der Waals surface area (Å²) in [5.74, 6) is 0. The fourth-order valence-corrected chi connectivity index (χ4v) is 2.39. The van der Waals surface area contributed by atoms with Gasteiger partial charge in [-0.15, -0.1) is 0 Å². The minimum atomic E-state index is 0.780. The quantitative estimate of drug-likeness (QED) is 0.723. The third-order valence-corrected chi connectivity index (χ3v) is 3.42. The van der Waals surface area contributed by atoms with Crippen molar-refractivity contribution < 1.29 is 4.79 Å². The predicted octanol–water partition coefficient (Wildman–Crippen LogP) is 3.16. The van der Waals surface area contributed by atoms with Crippen molar-refractivity contribution in [3.05, 3.63) is 65.4 Å². The Hall–Kier alpha value is -2.42. The van der Waals surface area contributed by atoms with E-state index in [1.54, 1.807) is 0 Å². The minimum Gasteiger partial charge on any atom is -0.298 e. The van der Waals surface area contributed by atoms with Crippen molar-refractivity contribution in [3.8, 4) is 0 Å². The summed E-state index contributed by atoms with van der Waals surface area (Å²) in [7, 11) is 0. The molecule has 0 spiro atoms. The Balaban J connectivity index is 1.86. The van der Waals surface area contributed by atoms with Gasteiger partial charge in [0.2, 0.25) is 0 Å². The van der Waals surface area contributed by atoms with E-state index in [0.717, 1.165) is 41.2 Å². The second kappa shape index (κ2) is 5.06. The lowest BCUT2D eigenvalue weighted by molar-refractivity contribution is 0.112. The number of hydrogen-bond acceptors (Lipinski definition) is 2. The number of nitrogens with zero attached hydrogens (tertiary/aromatic N) is 1. The van der Waals surface area contributed by atoms with E-state index in [4.69, 9.17) is 0 Å². The number of carbonyl (C=O) groups is 1. The zero-order chi connectivity index (χ0) is 13.1. The molecule has 3 heteroatoms. The monoisotopic (exact) mass is 250 g/mol. The van der Waals surface area contributed by atoms with Crippen molar-refractivity contribution in [1.82, 2.24) is 10.2 Å². The first-order chi connectivity index (χ1) is 9.38. The molecular formula is C16H14N2O. The number of aryl methyl sites for hydroxylation is 2. The van der Waals surface area contributed by atoms with Crippen molar-refractivity contribution >= 4 is 17.2 Å². The number of aromatic nitrogens is 2. The molecule has 0 aliphatic rings. The number of fused-ring (bicyclic) bond motifs is 1. The second-order valence-electron chi connectivity index (χ2n) is 4.57. The molecular weight excluding hydrogens is 236 g/mol. The Labute approximate surface area is 111 Å². The van der Waals surface area contributed by atoms with Gasteiger partial charge in [0, 0.05) is 10.9 Å². The van der Waals surface area contributed by atoms with E-state index in [1.807, 2.05) is 42.6 Å². The lowest BCUT2D eigenvalue weighted by Crippen LogP contribution is -1.96. The normalized spacial score (nSPS) is 10.7. The highest BCUT2D eigenvalue weighted by atomic mass is 16.1. The zero-order valence-corrected chi connectivity index (χ0v) is 10.5. The van der Waals surface area contributed by atoms with Gasteiger partial charge in [-0.2, -0.15) is 5.10 Å². The van der Waals surface area contributed by atoms with Crippen LogP contribution in [-0.4, -0.2) is 16.5 Å². The molecule has 3 aromatic rings. The smallest absolute Gasteiger partial charge is 0.150 e. The van der Waals surface area contributed by atoms with Crippen molar-refractivity contribution in [2.75, 3.05) is 0 Å². The lowest BCUT2D eigenvalue weighted by Gasteiger charge is -2.05. The lowest BCUT2D eigenvalue weighted by atomic mass is 9.99. The zero-order valence-electron chi connectivity index (χ0n) is 10.5. The third kappa shape index (κ3) is 2.27. The molecule has 19 heavy (non-hydrogen) atoms. The average Bonchev–Trinajstić information content (AvgIpc) is 2.94. The van der Waals surface area contributed by atoms with Gasteiger partial charge in [0.25, 0.3) is 0 Å². The van der Waals surface area contributed by atoms with Crippen molar-refractivity contribution in [2.24, 2.45) is 0 Å². The Morgan fingerprint density at radius 3 is 2.68 bits per heavy atom. The van der Waals surface area contributed by atoms with Crippen LogP contribution in [0.25, 0.3) is 10.9 Å². The molecule has 0 unspecified atom stereocenters. The topological polar surface area (TPSA) is 45.8 Å². The van der Waals surface area contributed by atoms with E-state index in [2.05, 4.69) is 16.3 Å². The molecule has 1 heterocycles. The van der Waals surface area contributed by atoms with Gasteiger partial charge < -0.3 is 0 Å². The van der Waals surface area contributed by atoms with Crippen molar-refractivity contribution in [1.29, 1.82) is 0 Å². The number of rotatable bonds is 4. The Bertz CT molecular complexity index is 715. The van der Waals surface area contributed by atoms with Gasteiger partial charge in [-0.1, -0.05) is 36.4 Å². The summed E-state index contributed by atoms with van der Waals surface area (Å²) >= 11 is 0. The number of aromatic amines is 1. The van der Waals surface area contributed by atoms with Crippen LogP contribution in [0.4, 0.5) is 0 Å². The second-order valence-corrected chi connectivity index (χ2v) is 4.57. The van der Waals surface area contributed by atoms with Crippen LogP contribution < -0.4 is 0 Å². The first-order valence-electron chi connectivity index (χ1n) is 6.32. The Kier molecular flexibility index (Phi) is 3.11. The molecule has 2 aromatic carbocycles. The van der Waals surface area contributed by atoms with E-state index in [-0.39, 0.29) is 0 Å². The van der Waals surface area contributed by atoms with Crippen LogP contribution in [0.15, 0.2) is 48.7 Å². The number of carbonyl (C=O) groups excluding carboxylic acids is 1. The number of H-pyrrole nitrogens is 1.